The van der Waals surface area contributed by atoms with Gasteiger partial charge in [0.05, 0.1) is 17.7 Å². The molecule has 28 heavy (non-hydrogen) atoms. The van der Waals surface area contributed by atoms with Gasteiger partial charge in [-0.05, 0) is 37.0 Å². The second-order valence-electron chi connectivity index (χ2n) is 7.68. The van der Waals surface area contributed by atoms with Crippen molar-refractivity contribution in [1.29, 1.82) is 0 Å². The predicted molar refractivity (Wildman–Crippen MR) is 104 cm³/mol. The lowest BCUT2D eigenvalue weighted by Gasteiger charge is -2.41. The van der Waals surface area contributed by atoms with Crippen LogP contribution in [0.1, 0.15) is 69.2 Å². The summed E-state index contributed by atoms with van der Waals surface area (Å²) in [4.78, 5) is 35.1. The number of amides is 1. The molecule has 6 heteroatoms. The summed E-state index contributed by atoms with van der Waals surface area (Å²) in [6, 6.07) is 8.06. The van der Waals surface area contributed by atoms with Gasteiger partial charge in [-0.2, -0.15) is 0 Å². The fraction of sp³-hybridized carbons (Fsp3) is 0.318. The highest BCUT2D eigenvalue weighted by Gasteiger charge is 2.41. The first-order chi connectivity index (χ1) is 13.5. The number of aromatic amines is 1. The van der Waals surface area contributed by atoms with Gasteiger partial charge in [0.25, 0.3) is 5.91 Å². The molecule has 2 aliphatic heterocycles. The summed E-state index contributed by atoms with van der Waals surface area (Å²) in [5.74, 6) is -0.403. The third-order valence-electron chi connectivity index (χ3n) is 6.03. The Kier molecular flexibility index (Phi) is 3.67. The van der Waals surface area contributed by atoms with Gasteiger partial charge in [0.1, 0.15) is 5.69 Å². The van der Waals surface area contributed by atoms with Crippen LogP contribution >= 0.6 is 0 Å². The van der Waals surface area contributed by atoms with Crippen LogP contribution in [0.25, 0.3) is 10.9 Å². The molecule has 2 aliphatic rings. The second-order valence-corrected chi connectivity index (χ2v) is 7.68. The number of Topliss-reactive ketones (excluding diaryl/α,β-unsaturated/α-hetero) is 1. The predicted octanol–water partition coefficient (Wildman–Crippen LogP) is 3.11. The van der Waals surface area contributed by atoms with E-state index in [1.165, 1.54) is 24.1 Å². The zero-order valence-electron chi connectivity index (χ0n) is 15.8. The van der Waals surface area contributed by atoms with Gasteiger partial charge >= 0.3 is 0 Å². The normalized spacial score (nSPS) is 19.2. The van der Waals surface area contributed by atoms with Crippen molar-refractivity contribution >= 4 is 22.6 Å². The Hall–Kier alpha value is -2.99. The van der Waals surface area contributed by atoms with E-state index < -0.39 is 6.10 Å². The van der Waals surface area contributed by atoms with Gasteiger partial charge in [-0.25, -0.2) is 0 Å². The number of hydrogen-bond donors (Lipinski definition) is 2. The SMILES string of the molecule is CC(=O)c1ncc(C(C)O)c2c1C(=O)N1CCc3c([nH]c4ccccc34)C1C2. The lowest BCUT2D eigenvalue weighted by molar-refractivity contribution is 0.0620. The van der Waals surface area contributed by atoms with E-state index in [4.69, 9.17) is 0 Å². The van der Waals surface area contributed by atoms with Crippen LogP contribution in [0.5, 0.6) is 0 Å². The number of nitrogens with zero attached hydrogens (tertiary/aromatic N) is 2. The fourth-order valence-corrected chi connectivity index (χ4v) is 4.75. The number of aromatic nitrogens is 2. The average molecular weight is 375 g/mol. The Morgan fingerprint density at radius 1 is 1.32 bits per heavy atom. The molecule has 0 saturated heterocycles. The molecule has 142 valence electrons. The fourth-order valence-electron chi connectivity index (χ4n) is 4.75. The van der Waals surface area contributed by atoms with Gasteiger partial charge in [-0.15, -0.1) is 0 Å². The minimum atomic E-state index is -0.757. The molecule has 0 aliphatic carbocycles. The van der Waals surface area contributed by atoms with Crippen molar-refractivity contribution in [3.8, 4) is 0 Å². The summed E-state index contributed by atoms with van der Waals surface area (Å²) in [6.07, 6.45) is 2.12. The Balaban J connectivity index is 1.72. The van der Waals surface area contributed by atoms with Crippen LogP contribution in [0.4, 0.5) is 0 Å². The topological polar surface area (TPSA) is 86.3 Å². The van der Waals surface area contributed by atoms with Crippen molar-refractivity contribution in [3.05, 3.63) is 64.1 Å². The number of rotatable bonds is 2. The Morgan fingerprint density at radius 2 is 2.11 bits per heavy atom. The van der Waals surface area contributed by atoms with Gasteiger partial charge in [-0.1, -0.05) is 18.2 Å². The molecule has 3 aromatic rings. The first kappa shape index (κ1) is 17.1. The summed E-state index contributed by atoms with van der Waals surface area (Å²) < 4.78 is 0. The van der Waals surface area contributed by atoms with E-state index in [-0.39, 0.29) is 23.4 Å². The van der Waals surface area contributed by atoms with Gasteiger partial charge in [0, 0.05) is 41.8 Å². The molecule has 2 unspecified atom stereocenters. The maximum absolute atomic E-state index is 13.4. The Morgan fingerprint density at radius 3 is 2.86 bits per heavy atom. The number of nitrogens with one attached hydrogen (secondary N) is 1. The minimum Gasteiger partial charge on any atom is -0.389 e. The molecular formula is C22H21N3O3. The largest absolute Gasteiger partial charge is 0.389 e. The van der Waals surface area contributed by atoms with Gasteiger partial charge in [-0.3, -0.25) is 14.6 Å². The summed E-state index contributed by atoms with van der Waals surface area (Å²) in [5.41, 5.74) is 5.32. The Labute approximate surface area is 162 Å². The molecule has 0 spiro atoms. The number of aliphatic hydroxyl groups excluding tert-OH is 1. The third-order valence-corrected chi connectivity index (χ3v) is 6.03. The summed E-state index contributed by atoms with van der Waals surface area (Å²) >= 11 is 0. The average Bonchev–Trinajstić information content (AvgIpc) is 3.06. The highest BCUT2D eigenvalue weighted by molar-refractivity contribution is 6.08. The highest BCUT2D eigenvalue weighted by Crippen LogP contribution is 2.42. The standard InChI is InChI=1S/C22H21N3O3/c1-11(26)16-10-23-20(12(2)27)19-15(16)9-18-21-14(7-8-25(18)22(19)28)13-5-3-4-6-17(13)24-21/h3-6,10-11,18,24,26H,7-9H2,1-2H3. The van der Waals surface area contributed by atoms with Crippen LogP contribution in [-0.4, -0.2) is 38.2 Å². The smallest absolute Gasteiger partial charge is 0.257 e. The second kappa shape index (κ2) is 6.01. The van der Waals surface area contributed by atoms with E-state index in [2.05, 4.69) is 22.1 Å². The molecule has 1 amide bonds. The molecular weight excluding hydrogens is 354 g/mol. The van der Waals surface area contributed by atoms with Crippen LogP contribution in [-0.2, 0) is 12.8 Å². The highest BCUT2D eigenvalue weighted by atomic mass is 16.3. The van der Waals surface area contributed by atoms with Crippen LogP contribution in [0.2, 0.25) is 0 Å². The summed E-state index contributed by atoms with van der Waals surface area (Å²) in [7, 11) is 0. The molecule has 5 rings (SSSR count). The number of pyridine rings is 1. The van der Waals surface area contributed by atoms with E-state index in [0.717, 1.165) is 23.2 Å². The van der Waals surface area contributed by atoms with Crippen molar-refractivity contribution in [2.45, 2.75) is 38.8 Å². The molecule has 2 N–H and O–H groups in total. The van der Waals surface area contributed by atoms with Crippen LogP contribution in [0, 0.1) is 0 Å². The van der Waals surface area contributed by atoms with E-state index in [1.807, 2.05) is 17.0 Å². The van der Waals surface area contributed by atoms with Crippen molar-refractivity contribution < 1.29 is 14.7 Å². The first-order valence-corrected chi connectivity index (χ1v) is 9.58. The molecule has 0 saturated carbocycles. The van der Waals surface area contributed by atoms with E-state index in [9.17, 15) is 14.7 Å². The molecule has 2 atom stereocenters. The van der Waals surface area contributed by atoms with Crippen LogP contribution in [0.3, 0.4) is 0 Å². The first-order valence-electron chi connectivity index (χ1n) is 9.58. The van der Waals surface area contributed by atoms with Crippen LogP contribution in [0.15, 0.2) is 30.5 Å². The van der Waals surface area contributed by atoms with Crippen molar-refractivity contribution in [2.75, 3.05) is 6.54 Å². The molecule has 0 fully saturated rings. The van der Waals surface area contributed by atoms with Gasteiger partial charge in [0.15, 0.2) is 5.78 Å². The minimum absolute atomic E-state index is 0.129. The number of para-hydroxylation sites is 1. The number of hydrogen-bond acceptors (Lipinski definition) is 4. The maximum atomic E-state index is 13.4. The number of fused-ring (bicyclic) bond motifs is 6. The number of benzene rings is 1. The zero-order chi connectivity index (χ0) is 19.6. The molecule has 1 aromatic carbocycles. The number of ketones is 1. The molecule has 2 aromatic heterocycles. The number of aliphatic hydroxyl groups is 1. The van der Waals surface area contributed by atoms with E-state index >= 15 is 0 Å². The number of carbonyl (C=O) groups excluding carboxylic acids is 2. The monoisotopic (exact) mass is 375 g/mol. The Bertz CT molecular complexity index is 1150. The molecule has 6 nitrogen and oxygen atoms in total. The molecule has 0 radical (unpaired) electrons. The van der Waals surface area contributed by atoms with Crippen molar-refractivity contribution in [2.24, 2.45) is 0 Å². The van der Waals surface area contributed by atoms with E-state index in [0.29, 0.717) is 24.1 Å². The quantitative estimate of drug-likeness (QED) is 0.674. The summed E-state index contributed by atoms with van der Waals surface area (Å²) in [5, 5.41) is 11.4. The van der Waals surface area contributed by atoms with Gasteiger partial charge in [0.2, 0.25) is 0 Å². The zero-order valence-corrected chi connectivity index (χ0v) is 15.8. The van der Waals surface area contributed by atoms with E-state index in [1.54, 1.807) is 6.92 Å². The van der Waals surface area contributed by atoms with Crippen molar-refractivity contribution in [1.82, 2.24) is 14.9 Å². The van der Waals surface area contributed by atoms with Crippen LogP contribution < -0.4 is 0 Å². The van der Waals surface area contributed by atoms with Crippen molar-refractivity contribution in [3.63, 3.8) is 0 Å². The molecule has 4 heterocycles. The molecule has 0 bridgehead atoms. The maximum Gasteiger partial charge on any atom is 0.257 e. The lowest BCUT2D eigenvalue weighted by atomic mass is 9.83. The number of carbonyl (C=O) groups is 2. The third kappa shape index (κ3) is 2.27. The lowest BCUT2D eigenvalue weighted by Crippen LogP contribution is -2.45. The summed E-state index contributed by atoms with van der Waals surface area (Å²) in [6.45, 7) is 3.70. The van der Waals surface area contributed by atoms with Gasteiger partial charge < -0.3 is 15.0 Å². The number of H-pyrrole nitrogens is 1.